The quantitative estimate of drug-likeness (QED) is 0.499. The van der Waals surface area contributed by atoms with Crippen LogP contribution >= 0.6 is 15.9 Å². The fraction of sp³-hybridized carbons (Fsp3) is 0.143. The van der Waals surface area contributed by atoms with Crippen LogP contribution in [0.1, 0.15) is 22.9 Å². The molecule has 0 fully saturated rings. The van der Waals surface area contributed by atoms with Crippen LogP contribution < -0.4 is 5.32 Å². The minimum Gasteiger partial charge on any atom is -0.364 e. The topological polar surface area (TPSA) is 49.4 Å². The molecule has 0 saturated carbocycles. The fourth-order valence-electron chi connectivity index (χ4n) is 3.39. The second-order valence-electron chi connectivity index (χ2n) is 6.84. The van der Waals surface area contributed by atoms with E-state index < -0.39 is 27.9 Å². The highest BCUT2D eigenvalue weighted by molar-refractivity contribution is 9.10. The van der Waals surface area contributed by atoms with Gasteiger partial charge in [-0.05, 0) is 47.5 Å². The fourth-order valence-corrected chi connectivity index (χ4v) is 5.52. The molecule has 3 aromatic rings. The smallest absolute Gasteiger partial charge is 0.364 e. The molecule has 1 atom stereocenters. The van der Waals surface area contributed by atoms with Crippen molar-refractivity contribution in [1.29, 1.82) is 0 Å². The average Bonchev–Trinajstić information content (AvgIpc) is 2.70. The van der Waals surface area contributed by atoms with Gasteiger partial charge in [0, 0.05) is 11.0 Å². The van der Waals surface area contributed by atoms with Crippen molar-refractivity contribution >= 4 is 31.6 Å². The van der Waals surface area contributed by atoms with Gasteiger partial charge in [-0.15, -0.1) is 0 Å². The summed E-state index contributed by atoms with van der Waals surface area (Å²) in [6, 6.07) is 18.2. The van der Waals surface area contributed by atoms with Crippen LogP contribution in [0.3, 0.4) is 0 Å². The van der Waals surface area contributed by atoms with Crippen LogP contribution in [0.15, 0.2) is 82.2 Å². The first-order valence-corrected chi connectivity index (χ1v) is 11.2. The number of nitrogens with zero attached hydrogens (tertiary/aromatic N) is 1. The Morgan fingerprint density at radius 3 is 2.33 bits per heavy atom. The van der Waals surface area contributed by atoms with E-state index in [1.807, 2.05) is 6.07 Å². The number of fused-ring (bicyclic) bond motifs is 1. The summed E-state index contributed by atoms with van der Waals surface area (Å²) in [5.74, 6) is 0. The molecular formula is C21H16BrF3N2O2S. The van der Waals surface area contributed by atoms with Crippen molar-refractivity contribution < 1.29 is 21.6 Å². The molecule has 0 spiro atoms. The van der Waals surface area contributed by atoms with E-state index in [1.165, 1.54) is 22.5 Å². The molecule has 0 aromatic heterocycles. The van der Waals surface area contributed by atoms with Crippen LogP contribution in [0, 0.1) is 0 Å². The molecule has 1 N–H and O–H groups in total. The highest BCUT2D eigenvalue weighted by atomic mass is 79.9. The summed E-state index contributed by atoms with van der Waals surface area (Å²) in [6.07, 6.45) is -5.32. The van der Waals surface area contributed by atoms with Gasteiger partial charge in [0.1, 0.15) is 11.1 Å². The lowest BCUT2D eigenvalue weighted by Gasteiger charge is -2.37. The number of hydrogen-bond acceptors (Lipinski definition) is 3. The molecule has 0 saturated heterocycles. The normalized spacial score (nSPS) is 18.5. The molecular weight excluding hydrogens is 481 g/mol. The summed E-state index contributed by atoms with van der Waals surface area (Å²) in [7, 11) is -3.90. The summed E-state index contributed by atoms with van der Waals surface area (Å²) in [4.78, 5) is 0.128. The van der Waals surface area contributed by atoms with Crippen molar-refractivity contribution in [2.75, 3.05) is 5.32 Å². The second kappa shape index (κ2) is 7.72. The minimum atomic E-state index is -4.47. The number of para-hydroxylation sites is 1. The van der Waals surface area contributed by atoms with Gasteiger partial charge < -0.3 is 5.32 Å². The van der Waals surface area contributed by atoms with E-state index in [-0.39, 0.29) is 11.4 Å². The number of benzene rings is 3. The van der Waals surface area contributed by atoms with Gasteiger partial charge in [-0.25, -0.2) is 8.42 Å². The van der Waals surface area contributed by atoms with E-state index in [0.717, 1.165) is 22.2 Å². The van der Waals surface area contributed by atoms with Crippen LogP contribution in [-0.2, 0) is 22.7 Å². The van der Waals surface area contributed by atoms with Gasteiger partial charge >= 0.3 is 6.18 Å². The molecule has 1 aliphatic rings. The zero-order valence-corrected chi connectivity index (χ0v) is 17.8. The molecule has 0 radical (unpaired) electrons. The van der Waals surface area contributed by atoms with Crippen LogP contribution in [-0.4, -0.2) is 12.7 Å². The molecule has 1 aliphatic heterocycles. The summed E-state index contributed by atoms with van der Waals surface area (Å²) in [6.45, 7) is 0.0504. The maximum absolute atomic E-state index is 13.4. The molecule has 30 heavy (non-hydrogen) atoms. The monoisotopic (exact) mass is 496 g/mol. The lowest BCUT2D eigenvalue weighted by Crippen LogP contribution is -2.42. The van der Waals surface area contributed by atoms with E-state index >= 15 is 0 Å². The highest BCUT2D eigenvalue weighted by Gasteiger charge is 2.39. The molecule has 3 aromatic carbocycles. The van der Waals surface area contributed by atoms with Gasteiger partial charge in [0.15, 0.2) is 0 Å². The molecule has 1 unspecified atom stereocenters. The molecule has 9 heteroatoms. The van der Waals surface area contributed by atoms with Crippen LogP contribution in [0.5, 0.6) is 0 Å². The second-order valence-corrected chi connectivity index (χ2v) is 9.62. The molecule has 4 rings (SSSR count). The zero-order valence-electron chi connectivity index (χ0n) is 15.4. The van der Waals surface area contributed by atoms with Crippen molar-refractivity contribution in [3.05, 3.63) is 94.0 Å². The minimum absolute atomic E-state index is 0.0504. The van der Waals surface area contributed by atoms with Gasteiger partial charge in [-0.1, -0.05) is 52.3 Å². The lowest BCUT2D eigenvalue weighted by molar-refractivity contribution is -0.137. The predicted octanol–water partition coefficient (Wildman–Crippen LogP) is 5.78. The SMILES string of the molecule is O=S1(=O)c2ccccc2NC(c2ccc(C(F)(F)F)cc2)N1Cc1cccc(Br)c1. The molecule has 4 nitrogen and oxygen atoms in total. The van der Waals surface area contributed by atoms with Crippen molar-refractivity contribution in [1.82, 2.24) is 4.31 Å². The molecule has 1 heterocycles. The summed E-state index contributed by atoms with van der Waals surface area (Å²) < 4.78 is 67.7. The third-order valence-electron chi connectivity index (χ3n) is 4.84. The Balaban J connectivity index is 1.80. The van der Waals surface area contributed by atoms with Gasteiger partial charge in [-0.3, -0.25) is 0 Å². The number of nitrogens with one attached hydrogen (secondary N) is 1. The van der Waals surface area contributed by atoms with Crippen LogP contribution in [0.2, 0.25) is 0 Å². The van der Waals surface area contributed by atoms with E-state index in [4.69, 9.17) is 0 Å². The maximum Gasteiger partial charge on any atom is 0.416 e. The van der Waals surface area contributed by atoms with Gasteiger partial charge in [-0.2, -0.15) is 17.5 Å². The Morgan fingerprint density at radius 1 is 0.967 bits per heavy atom. The van der Waals surface area contributed by atoms with Crippen molar-refractivity contribution in [2.24, 2.45) is 0 Å². The number of halogens is 4. The van der Waals surface area contributed by atoms with Crippen molar-refractivity contribution in [3.63, 3.8) is 0 Å². The standard InChI is InChI=1S/C21H16BrF3N2O2S/c22-17-5-3-4-14(12-17)13-27-20(15-8-10-16(11-9-15)21(23,24)25)26-18-6-1-2-7-19(18)30(27,28)29/h1-12,20,26H,13H2. The Hall–Kier alpha value is -2.36. The third-order valence-corrected chi connectivity index (χ3v) is 7.20. The van der Waals surface area contributed by atoms with Crippen LogP contribution in [0.25, 0.3) is 0 Å². The van der Waals surface area contributed by atoms with Crippen molar-refractivity contribution in [3.8, 4) is 0 Å². The maximum atomic E-state index is 13.4. The summed E-state index contributed by atoms with van der Waals surface area (Å²) in [5.41, 5.74) is 0.777. The molecule has 0 amide bonds. The van der Waals surface area contributed by atoms with E-state index in [1.54, 1.807) is 36.4 Å². The zero-order chi connectivity index (χ0) is 21.5. The number of sulfonamides is 1. The number of alkyl halides is 3. The van der Waals surface area contributed by atoms with E-state index in [2.05, 4.69) is 21.2 Å². The molecule has 156 valence electrons. The summed E-state index contributed by atoms with van der Waals surface area (Å²) in [5, 5.41) is 3.17. The Bertz CT molecular complexity index is 1180. The van der Waals surface area contributed by atoms with Gasteiger partial charge in [0.25, 0.3) is 0 Å². The summed E-state index contributed by atoms with van der Waals surface area (Å²) >= 11 is 3.38. The first-order valence-electron chi connectivity index (χ1n) is 8.95. The third kappa shape index (κ3) is 3.97. The predicted molar refractivity (Wildman–Crippen MR) is 111 cm³/mol. The number of hydrogen-bond donors (Lipinski definition) is 1. The van der Waals surface area contributed by atoms with E-state index in [9.17, 15) is 21.6 Å². The number of anilines is 1. The first-order chi connectivity index (χ1) is 14.2. The molecule has 0 bridgehead atoms. The van der Waals surface area contributed by atoms with Crippen molar-refractivity contribution in [2.45, 2.75) is 23.8 Å². The Morgan fingerprint density at radius 2 is 1.67 bits per heavy atom. The largest absolute Gasteiger partial charge is 0.416 e. The lowest BCUT2D eigenvalue weighted by atomic mass is 10.1. The van der Waals surface area contributed by atoms with E-state index in [0.29, 0.717) is 11.3 Å². The molecule has 0 aliphatic carbocycles. The van der Waals surface area contributed by atoms with Gasteiger partial charge in [0.05, 0.1) is 11.3 Å². The highest BCUT2D eigenvalue weighted by Crippen LogP contribution is 2.40. The van der Waals surface area contributed by atoms with Crippen LogP contribution in [0.4, 0.5) is 18.9 Å². The number of rotatable bonds is 3. The Kier molecular flexibility index (Phi) is 5.37. The Labute approximate surface area is 180 Å². The average molecular weight is 497 g/mol. The first kappa shape index (κ1) is 20.9. The van der Waals surface area contributed by atoms with Gasteiger partial charge in [0.2, 0.25) is 10.0 Å².